The Bertz CT molecular complexity index is 458. The van der Waals surface area contributed by atoms with Crippen molar-refractivity contribution < 1.29 is 14.3 Å². The first-order chi connectivity index (χ1) is 11.6. The third kappa shape index (κ3) is 3.91. The van der Waals surface area contributed by atoms with Crippen molar-refractivity contribution in [3.63, 3.8) is 0 Å². The Kier molecular flexibility index (Phi) is 5.76. The summed E-state index contributed by atoms with van der Waals surface area (Å²) < 4.78 is 5.37. The molecule has 3 fully saturated rings. The van der Waals surface area contributed by atoms with Crippen LogP contribution in [0.15, 0.2) is 0 Å². The number of hydrogen-bond donors (Lipinski definition) is 1. The third-order valence-corrected chi connectivity index (χ3v) is 5.90. The van der Waals surface area contributed by atoms with Crippen molar-refractivity contribution in [1.29, 1.82) is 0 Å². The fraction of sp³-hybridized carbons (Fsp3) is 0.889. The molecule has 1 atom stereocenters. The number of likely N-dealkylation sites (tertiary alicyclic amines) is 1. The first kappa shape index (κ1) is 17.7. The summed E-state index contributed by atoms with van der Waals surface area (Å²) in [5.41, 5.74) is -0.680. The van der Waals surface area contributed by atoms with Gasteiger partial charge in [-0.25, -0.2) is 0 Å². The maximum atomic E-state index is 12.9. The van der Waals surface area contributed by atoms with E-state index < -0.39 is 5.54 Å². The van der Waals surface area contributed by atoms with Crippen LogP contribution in [0.2, 0.25) is 0 Å². The SMILES string of the molecule is CC1(C(=O)NC2CCCCC2)CCC(=O)N1CCN1CCOCC1. The number of carbonyl (C=O) groups is 2. The number of rotatable bonds is 5. The molecule has 6 heteroatoms. The second-order valence-electron chi connectivity index (χ2n) is 7.58. The number of morpholine rings is 1. The minimum absolute atomic E-state index is 0.0437. The van der Waals surface area contributed by atoms with Crippen LogP contribution in [-0.2, 0) is 14.3 Å². The van der Waals surface area contributed by atoms with E-state index in [4.69, 9.17) is 4.74 Å². The van der Waals surface area contributed by atoms with Gasteiger partial charge in [0, 0.05) is 38.6 Å². The number of nitrogens with one attached hydrogen (secondary N) is 1. The summed E-state index contributed by atoms with van der Waals surface area (Å²) in [6, 6.07) is 0.292. The molecule has 1 N–H and O–H groups in total. The van der Waals surface area contributed by atoms with E-state index in [-0.39, 0.29) is 11.8 Å². The fourth-order valence-electron chi connectivity index (χ4n) is 4.16. The molecule has 3 aliphatic rings. The molecule has 2 saturated heterocycles. The average Bonchev–Trinajstić information content (AvgIpc) is 2.91. The van der Waals surface area contributed by atoms with Gasteiger partial charge in [0.05, 0.1) is 13.2 Å². The van der Waals surface area contributed by atoms with Gasteiger partial charge in [-0.1, -0.05) is 19.3 Å². The summed E-state index contributed by atoms with van der Waals surface area (Å²) in [7, 11) is 0. The molecular formula is C18H31N3O3. The van der Waals surface area contributed by atoms with E-state index in [1.54, 1.807) is 0 Å². The topological polar surface area (TPSA) is 61.9 Å². The molecular weight excluding hydrogens is 306 g/mol. The molecule has 0 aromatic carbocycles. The predicted octanol–water partition coefficient (Wildman–Crippen LogP) is 1.15. The van der Waals surface area contributed by atoms with Crippen molar-refractivity contribution in [2.45, 2.75) is 63.5 Å². The Morgan fingerprint density at radius 1 is 1.21 bits per heavy atom. The summed E-state index contributed by atoms with van der Waals surface area (Å²) in [6.07, 6.45) is 6.93. The molecule has 0 aromatic heterocycles. The molecule has 2 aliphatic heterocycles. The molecule has 24 heavy (non-hydrogen) atoms. The number of carbonyl (C=O) groups excluding carboxylic acids is 2. The molecule has 0 aromatic rings. The Morgan fingerprint density at radius 2 is 1.92 bits per heavy atom. The van der Waals surface area contributed by atoms with E-state index in [9.17, 15) is 9.59 Å². The Hall–Kier alpha value is -1.14. The lowest BCUT2D eigenvalue weighted by Gasteiger charge is -2.37. The lowest BCUT2D eigenvalue weighted by atomic mass is 9.92. The Balaban J connectivity index is 1.58. The first-order valence-corrected chi connectivity index (χ1v) is 9.51. The van der Waals surface area contributed by atoms with Gasteiger partial charge in [-0.2, -0.15) is 0 Å². The van der Waals surface area contributed by atoms with Crippen LogP contribution in [0.25, 0.3) is 0 Å². The molecule has 2 heterocycles. The van der Waals surface area contributed by atoms with Crippen molar-refractivity contribution in [3.05, 3.63) is 0 Å². The Morgan fingerprint density at radius 3 is 2.62 bits per heavy atom. The molecule has 6 nitrogen and oxygen atoms in total. The molecule has 136 valence electrons. The lowest BCUT2D eigenvalue weighted by molar-refractivity contribution is -0.141. The zero-order chi connectivity index (χ0) is 17.0. The summed E-state index contributed by atoms with van der Waals surface area (Å²) in [5, 5.41) is 3.22. The van der Waals surface area contributed by atoms with Gasteiger partial charge in [-0.15, -0.1) is 0 Å². The van der Waals surface area contributed by atoms with E-state index in [2.05, 4.69) is 10.2 Å². The number of amides is 2. The smallest absolute Gasteiger partial charge is 0.245 e. The number of ether oxygens (including phenoxy) is 1. The highest BCUT2D eigenvalue weighted by Crippen LogP contribution is 2.31. The summed E-state index contributed by atoms with van der Waals surface area (Å²) in [4.78, 5) is 29.4. The quantitative estimate of drug-likeness (QED) is 0.817. The second kappa shape index (κ2) is 7.83. The fourth-order valence-corrected chi connectivity index (χ4v) is 4.16. The molecule has 2 amide bonds. The molecule has 1 aliphatic carbocycles. The molecule has 0 bridgehead atoms. The maximum Gasteiger partial charge on any atom is 0.245 e. The van der Waals surface area contributed by atoms with Crippen molar-refractivity contribution in [3.8, 4) is 0 Å². The van der Waals surface area contributed by atoms with Crippen molar-refractivity contribution in [2.75, 3.05) is 39.4 Å². The van der Waals surface area contributed by atoms with Crippen LogP contribution in [0, 0.1) is 0 Å². The van der Waals surface area contributed by atoms with Crippen LogP contribution >= 0.6 is 0 Å². The summed E-state index contributed by atoms with van der Waals surface area (Å²) in [5.74, 6) is 0.159. The summed E-state index contributed by atoms with van der Waals surface area (Å²) in [6.45, 7) is 6.73. The minimum atomic E-state index is -0.680. The monoisotopic (exact) mass is 337 g/mol. The summed E-state index contributed by atoms with van der Waals surface area (Å²) >= 11 is 0. The standard InChI is InChI=1S/C18H31N3O3/c1-18(17(23)19-15-5-3-2-4-6-15)8-7-16(22)21(18)10-9-20-11-13-24-14-12-20/h15H,2-14H2,1H3,(H,19,23). The second-order valence-corrected chi connectivity index (χ2v) is 7.58. The molecule has 0 spiro atoms. The molecule has 0 radical (unpaired) electrons. The van der Waals surface area contributed by atoms with Crippen LogP contribution in [0.4, 0.5) is 0 Å². The van der Waals surface area contributed by atoms with E-state index in [1.165, 1.54) is 19.3 Å². The van der Waals surface area contributed by atoms with E-state index in [0.717, 1.165) is 45.7 Å². The van der Waals surface area contributed by atoms with Crippen LogP contribution < -0.4 is 5.32 Å². The largest absolute Gasteiger partial charge is 0.379 e. The highest BCUT2D eigenvalue weighted by molar-refractivity contribution is 5.94. The van der Waals surface area contributed by atoms with Gasteiger partial charge < -0.3 is 15.0 Å². The van der Waals surface area contributed by atoms with Crippen LogP contribution in [-0.4, -0.2) is 72.6 Å². The van der Waals surface area contributed by atoms with Crippen molar-refractivity contribution in [1.82, 2.24) is 15.1 Å². The minimum Gasteiger partial charge on any atom is -0.379 e. The molecule has 3 rings (SSSR count). The number of nitrogens with zero attached hydrogens (tertiary/aromatic N) is 2. The Labute approximate surface area is 144 Å². The van der Waals surface area contributed by atoms with Gasteiger partial charge in [0.1, 0.15) is 5.54 Å². The van der Waals surface area contributed by atoms with Crippen LogP contribution in [0.5, 0.6) is 0 Å². The van der Waals surface area contributed by atoms with E-state index >= 15 is 0 Å². The van der Waals surface area contributed by atoms with E-state index in [0.29, 0.717) is 25.4 Å². The zero-order valence-corrected chi connectivity index (χ0v) is 14.9. The van der Waals surface area contributed by atoms with Gasteiger partial charge >= 0.3 is 0 Å². The normalized spacial score (nSPS) is 29.9. The highest BCUT2D eigenvalue weighted by atomic mass is 16.5. The number of hydrogen-bond acceptors (Lipinski definition) is 4. The van der Waals surface area contributed by atoms with Crippen molar-refractivity contribution >= 4 is 11.8 Å². The van der Waals surface area contributed by atoms with E-state index in [1.807, 2.05) is 11.8 Å². The third-order valence-electron chi connectivity index (χ3n) is 5.90. The van der Waals surface area contributed by atoms with Crippen LogP contribution in [0.3, 0.4) is 0 Å². The van der Waals surface area contributed by atoms with Crippen LogP contribution in [0.1, 0.15) is 51.9 Å². The van der Waals surface area contributed by atoms with Gasteiger partial charge in [0.25, 0.3) is 0 Å². The zero-order valence-electron chi connectivity index (χ0n) is 14.9. The lowest BCUT2D eigenvalue weighted by Crippen LogP contribution is -2.58. The average molecular weight is 337 g/mol. The van der Waals surface area contributed by atoms with Gasteiger partial charge in [-0.05, 0) is 26.2 Å². The van der Waals surface area contributed by atoms with Crippen molar-refractivity contribution in [2.24, 2.45) is 0 Å². The first-order valence-electron chi connectivity index (χ1n) is 9.51. The highest BCUT2D eigenvalue weighted by Gasteiger charge is 2.47. The maximum absolute atomic E-state index is 12.9. The predicted molar refractivity (Wildman–Crippen MR) is 91.6 cm³/mol. The molecule has 1 unspecified atom stereocenters. The molecule has 1 saturated carbocycles. The van der Waals surface area contributed by atoms with Gasteiger partial charge in [0.2, 0.25) is 11.8 Å². The van der Waals surface area contributed by atoms with Gasteiger partial charge in [-0.3, -0.25) is 14.5 Å². The van der Waals surface area contributed by atoms with Gasteiger partial charge in [0.15, 0.2) is 0 Å².